The molecule has 232 valence electrons. The van der Waals surface area contributed by atoms with Crippen molar-refractivity contribution in [3.05, 3.63) is 170 Å². The van der Waals surface area contributed by atoms with Crippen LogP contribution in [0.4, 0.5) is 0 Å². The molecule has 0 amide bonds. The Balaban J connectivity index is 1.16. The van der Waals surface area contributed by atoms with Crippen LogP contribution in [0.3, 0.4) is 0 Å². The maximum Gasteiger partial charge on any atom is 0.0534 e. The minimum absolute atomic E-state index is 1.24. The SMILES string of the molecule is c1cc(-c2c3ccccc3c(-c3cccc4ccccc34)c3ccccc23)cc(-c2cccc3c2sc2c3ccc3c4ccccc4sc32)c1. The highest BCUT2D eigenvalue weighted by Crippen LogP contribution is 2.48. The molecule has 50 heavy (non-hydrogen) atoms. The Kier molecular flexibility index (Phi) is 6.09. The van der Waals surface area contributed by atoms with Crippen LogP contribution in [0.15, 0.2) is 170 Å². The second-order valence-corrected chi connectivity index (χ2v) is 15.2. The molecule has 0 N–H and O–H groups in total. The molecule has 0 radical (unpaired) electrons. The van der Waals surface area contributed by atoms with Gasteiger partial charge < -0.3 is 0 Å². The van der Waals surface area contributed by atoms with Crippen LogP contribution in [-0.4, -0.2) is 0 Å². The first-order valence-corrected chi connectivity index (χ1v) is 18.7. The molecular weight excluding hydrogens is 641 g/mol. The molecule has 0 unspecified atom stereocenters. The monoisotopic (exact) mass is 668 g/mol. The average Bonchev–Trinajstić information content (AvgIpc) is 3.76. The smallest absolute Gasteiger partial charge is 0.0534 e. The van der Waals surface area contributed by atoms with Crippen LogP contribution >= 0.6 is 22.7 Å². The standard InChI is InChI=1S/C48H28S2/c1-2-16-32-29(12-1)13-10-23-35(32)45-38-20-5-3-18-36(38)44(37-19-4-6-21-39(37)45)31-15-9-14-30(28-31)33-22-11-24-40-42-27-26-41-34-17-7-8-25-43(34)49-47(41)48(42)50-46(33)40/h1-28H. The summed E-state index contributed by atoms with van der Waals surface area (Å²) in [4.78, 5) is 0. The average molecular weight is 669 g/mol. The van der Waals surface area contributed by atoms with E-state index in [2.05, 4.69) is 170 Å². The Hall–Kier alpha value is -5.80. The third-order valence-electron chi connectivity index (χ3n) is 10.5. The zero-order valence-electron chi connectivity index (χ0n) is 27.0. The lowest BCUT2D eigenvalue weighted by Gasteiger charge is -2.19. The van der Waals surface area contributed by atoms with Crippen molar-refractivity contribution in [3.8, 4) is 33.4 Å². The van der Waals surface area contributed by atoms with Crippen molar-refractivity contribution in [1.82, 2.24) is 0 Å². The minimum atomic E-state index is 1.24. The van der Waals surface area contributed by atoms with Gasteiger partial charge in [0.25, 0.3) is 0 Å². The van der Waals surface area contributed by atoms with Gasteiger partial charge in [-0.15, -0.1) is 22.7 Å². The molecule has 2 aromatic heterocycles. The van der Waals surface area contributed by atoms with Gasteiger partial charge in [0.05, 0.1) is 9.40 Å². The molecule has 2 heterocycles. The molecule has 0 nitrogen and oxygen atoms in total. The van der Waals surface area contributed by atoms with Gasteiger partial charge in [0.1, 0.15) is 0 Å². The first-order valence-electron chi connectivity index (χ1n) is 17.1. The summed E-state index contributed by atoms with van der Waals surface area (Å²) in [7, 11) is 0. The predicted molar refractivity (Wildman–Crippen MR) is 221 cm³/mol. The third kappa shape index (κ3) is 4.04. The fraction of sp³-hybridized carbons (Fsp3) is 0. The van der Waals surface area contributed by atoms with Crippen molar-refractivity contribution in [2.75, 3.05) is 0 Å². The molecule has 11 rings (SSSR count). The van der Waals surface area contributed by atoms with Gasteiger partial charge in [-0.05, 0) is 77.8 Å². The van der Waals surface area contributed by atoms with Gasteiger partial charge in [0.15, 0.2) is 0 Å². The van der Waals surface area contributed by atoms with Gasteiger partial charge in [-0.1, -0.05) is 158 Å². The Labute approximate surface area is 297 Å². The number of fused-ring (bicyclic) bond motifs is 10. The third-order valence-corrected chi connectivity index (χ3v) is 13.1. The zero-order valence-corrected chi connectivity index (χ0v) is 28.6. The van der Waals surface area contributed by atoms with E-state index in [0.29, 0.717) is 0 Å². The minimum Gasteiger partial charge on any atom is -0.134 e. The maximum absolute atomic E-state index is 2.42. The highest BCUT2D eigenvalue weighted by atomic mass is 32.1. The van der Waals surface area contributed by atoms with Crippen molar-refractivity contribution in [3.63, 3.8) is 0 Å². The molecule has 0 aliphatic heterocycles. The summed E-state index contributed by atoms with van der Waals surface area (Å²) in [6.07, 6.45) is 0. The summed E-state index contributed by atoms with van der Waals surface area (Å²) in [6.45, 7) is 0. The number of thiophene rings is 2. The van der Waals surface area contributed by atoms with Crippen LogP contribution in [0.5, 0.6) is 0 Å². The Morgan fingerprint density at radius 1 is 0.280 bits per heavy atom. The first kappa shape index (κ1) is 28.1. The van der Waals surface area contributed by atoms with Crippen molar-refractivity contribution >= 4 is 95.3 Å². The molecule has 0 atom stereocenters. The Morgan fingerprint density at radius 3 is 1.56 bits per heavy atom. The number of benzene rings is 9. The lowest BCUT2D eigenvalue weighted by molar-refractivity contribution is 1.64. The van der Waals surface area contributed by atoms with Crippen molar-refractivity contribution < 1.29 is 0 Å². The molecule has 0 bridgehead atoms. The van der Waals surface area contributed by atoms with E-state index in [1.54, 1.807) is 0 Å². The van der Waals surface area contributed by atoms with Gasteiger partial charge in [0, 0.05) is 30.9 Å². The molecule has 11 aromatic rings. The van der Waals surface area contributed by atoms with E-state index in [-0.39, 0.29) is 0 Å². The van der Waals surface area contributed by atoms with Crippen LogP contribution in [0.1, 0.15) is 0 Å². The lowest BCUT2D eigenvalue weighted by Crippen LogP contribution is -1.92. The molecule has 0 spiro atoms. The van der Waals surface area contributed by atoms with Gasteiger partial charge in [-0.25, -0.2) is 0 Å². The number of hydrogen-bond acceptors (Lipinski definition) is 2. The Morgan fingerprint density at radius 2 is 0.780 bits per heavy atom. The van der Waals surface area contributed by atoms with Gasteiger partial charge in [0.2, 0.25) is 0 Å². The molecule has 0 saturated heterocycles. The molecule has 0 saturated carbocycles. The molecular formula is C48H28S2. The second kappa shape index (κ2) is 10.9. The van der Waals surface area contributed by atoms with Gasteiger partial charge >= 0.3 is 0 Å². The summed E-state index contributed by atoms with van der Waals surface area (Å²) >= 11 is 3.87. The van der Waals surface area contributed by atoms with E-state index in [1.807, 2.05) is 22.7 Å². The topological polar surface area (TPSA) is 0 Å². The highest BCUT2D eigenvalue weighted by Gasteiger charge is 2.19. The van der Waals surface area contributed by atoms with E-state index < -0.39 is 0 Å². The van der Waals surface area contributed by atoms with Crippen molar-refractivity contribution in [2.45, 2.75) is 0 Å². The molecule has 0 fully saturated rings. The molecule has 0 aliphatic rings. The van der Waals surface area contributed by atoms with Crippen LogP contribution in [0.25, 0.3) is 106 Å². The molecule has 2 heteroatoms. The van der Waals surface area contributed by atoms with Gasteiger partial charge in [-0.2, -0.15) is 0 Å². The van der Waals surface area contributed by atoms with Gasteiger partial charge in [-0.3, -0.25) is 0 Å². The lowest BCUT2D eigenvalue weighted by atomic mass is 9.84. The molecule has 9 aromatic carbocycles. The van der Waals surface area contributed by atoms with E-state index in [9.17, 15) is 0 Å². The molecule has 0 aliphatic carbocycles. The largest absolute Gasteiger partial charge is 0.134 e. The summed E-state index contributed by atoms with van der Waals surface area (Å²) in [5.41, 5.74) is 7.65. The fourth-order valence-corrected chi connectivity index (χ4v) is 11.0. The summed E-state index contributed by atoms with van der Waals surface area (Å²) < 4.78 is 5.49. The van der Waals surface area contributed by atoms with Crippen LogP contribution in [-0.2, 0) is 0 Å². The van der Waals surface area contributed by atoms with Crippen molar-refractivity contribution in [2.24, 2.45) is 0 Å². The predicted octanol–water partition coefficient (Wildman–Crippen LogP) is 14.9. The van der Waals surface area contributed by atoms with E-state index in [1.165, 1.54) is 106 Å². The highest BCUT2D eigenvalue weighted by molar-refractivity contribution is 7.33. The van der Waals surface area contributed by atoms with Crippen LogP contribution in [0.2, 0.25) is 0 Å². The Bertz CT molecular complexity index is 3090. The number of hydrogen-bond donors (Lipinski definition) is 0. The summed E-state index contributed by atoms with van der Waals surface area (Å²) in [5.74, 6) is 0. The first-order chi connectivity index (χ1) is 24.8. The zero-order chi connectivity index (χ0) is 32.8. The van der Waals surface area contributed by atoms with Crippen molar-refractivity contribution in [1.29, 1.82) is 0 Å². The van der Waals surface area contributed by atoms with Crippen LogP contribution in [0, 0.1) is 0 Å². The van der Waals surface area contributed by atoms with E-state index in [4.69, 9.17) is 0 Å². The van der Waals surface area contributed by atoms with E-state index in [0.717, 1.165) is 0 Å². The maximum atomic E-state index is 2.42. The summed E-state index contributed by atoms with van der Waals surface area (Å²) in [5, 5.41) is 13.1. The van der Waals surface area contributed by atoms with Crippen LogP contribution < -0.4 is 0 Å². The fourth-order valence-electron chi connectivity index (χ4n) is 8.28. The second-order valence-electron chi connectivity index (χ2n) is 13.2. The summed E-state index contributed by atoms with van der Waals surface area (Å²) in [6, 6.07) is 62.9. The number of rotatable bonds is 3. The quantitative estimate of drug-likeness (QED) is 0.164. The van der Waals surface area contributed by atoms with E-state index >= 15 is 0 Å². The normalized spacial score (nSPS) is 12.0.